The molecule has 0 fully saturated rings. The molecule has 0 aliphatic rings. The lowest BCUT2D eigenvalue weighted by Gasteiger charge is -2.06. The van der Waals surface area contributed by atoms with Crippen molar-refractivity contribution < 1.29 is 0 Å². The first kappa shape index (κ1) is 13.6. The molecule has 0 spiro atoms. The van der Waals surface area contributed by atoms with Crippen molar-refractivity contribution in [2.75, 3.05) is 13.3 Å². The number of nitrogens with one attached hydrogen (secondary N) is 1. The van der Waals surface area contributed by atoms with Crippen LogP contribution in [0.15, 0.2) is 29.2 Å². The summed E-state index contributed by atoms with van der Waals surface area (Å²) in [6.07, 6.45) is 2.09. The van der Waals surface area contributed by atoms with Crippen molar-refractivity contribution >= 4 is 23.1 Å². The van der Waals surface area contributed by atoms with E-state index >= 15 is 0 Å². The van der Waals surface area contributed by atoms with Crippen LogP contribution in [-0.2, 0) is 0 Å². The van der Waals surface area contributed by atoms with E-state index < -0.39 is 0 Å². The molecule has 0 aliphatic heterocycles. The van der Waals surface area contributed by atoms with Gasteiger partial charge in [0.05, 0.1) is 5.69 Å². The van der Waals surface area contributed by atoms with Crippen LogP contribution in [0.25, 0.3) is 10.6 Å². The lowest BCUT2D eigenvalue weighted by atomic mass is 10.2. The van der Waals surface area contributed by atoms with Crippen LogP contribution in [0.3, 0.4) is 0 Å². The maximum Gasteiger partial charge on any atom is 0.123 e. The van der Waals surface area contributed by atoms with Gasteiger partial charge in [-0.1, -0.05) is 12.1 Å². The maximum absolute atomic E-state index is 4.68. The number of aromatic nitrogens is 1. The van der Waals surface area contributed by atoms with Crippen LogP contribution < -0.4 is 5.32 Å². The fourth-order valence-electron chi connectivity index (χ4n) is 1.80. The SMILES string of the molecule is CNC(C)c1sc(-c2ccc(SC)cc2)nc1C. The number of hydrogen-bond donors (Lipinski definition) is 1. The standard InChI is InChI=1S/C14H18N2S2/c1-9(15-3)13-10(2)16-14(18-13)11-5-7-12(17-4)8-6-11/h5-9,15H,1-4H3. The first-order valence-electron chi connectivity index (χ1n) is 5.94. The van der Waals surface area contributed by atoms with Crippen molar-refractivity contribution in [3.05, 3.63) is 34.8 Å². The Kier molecular flexibility index (Phi) is 4.43. The molecule has 1 aromatic carbocycles. The zero-order valence-corrected chi connectivity index (χ0v) is 12.8. The summed E-state index contributed by atoms with van der Waals surface area (Å²) in [6, 6.07) is 8.97. The zero-order valence-electron chi connectivity index (χ0n) is 11.2. The molecule has 2 aromatic rings. The van der Waals surface area contributed by atoms with Crippen LogP contribution in [0.4, 0.5) is 0 Å². The Hall–Kier alpha value is -0.840. The molecule has 0 radical (unpaired) electrons. The van der Waals surface area contributed by atoms with Gasteiger partial charge in [-0.3, -0.25) is 0 Å². The molecule has 2 nitrogen and oxygen atoms in total. The summed E-state index contributed by atoms with van der Waals surface area (Å²) in [7, 11) is 1.98. The largest absolute Gasteiger partial charge is 0.312 e. The molecule has 96 valence electrons. The minimum atomic E-state index is 0.363. The lowest BCUT2D eigenvalue weighted by Crippen LogP contribution is -2.11. The van der Waals surface area contributed by atoms with E-state index in [9.17, 15) is 0 Å². The highest BCUT2D eigenvalue weighted by Gasteiger charge is 2.13. The molecule has 4 heteroatoms. The highest BCUT2D eigenvalue weighted by molar-refractivity contribution is 7.98. The third kappa shape index (κ3) is 2.76. The fraction of sp³-hybridized carbons (Fsp3) is 0.357. The van der Waals surface area contributed by atoms with Crippen molar-refractivity contribution in [2.24, 2.45) is 0 Å². The highest BCUT2D eigenvalue weighted by atomic mass is 32.2. The van der Waals surface area contributed by atoms with Crippen LogP contribution in [0, 0.1) is 6.92 Å². The van der Waals surface area contributed by atoms with Gasteiger partial charge in [0, 0.05) is 21.4 Å². The van der Waals surface area contributed by atoms with Gasteiger partial charge < -0.3 is 5.32 Å². The van der Waals surface area contributed by atoms with Gasteiger partial charge in [-0.05, 0) is 39.3 Å². The van der Waals surface area contributed by atoms with Gasteiger partial charge in [-0.15, -0.1) is 23.1 Å². The number of thioether (sulfide) groups is 1. The molecule has 2 rings (SSSR count). The minimum absolute atomic E-state index is 0.363. The van der Waals surface area contributed by atoms with Gasteiger partial charge in [0.2, 0.25) is 0 Å². The third-order valence-corrected chi connectivity index (χ3v) is 5.13. The minimum Gasteiger partial charge on any atom is -0.312 e. The summed E-state index contributed by atoms with van der Waals surface area (Å²) in [5, 5.41) is 4.38. The average Bonchev–Trinajstić information content (AvgIpc) is 2.80. The third-order valence-electron chi connectivity index (χ3n) is 3.00. The molecular weight excluding hydrogens is 260 g/mol. The van der Waals surface area contributed by atoms with Crippen molar-refractivity contribution in [3.8, 4) is 10.6 Å². The number of benzene rings is 1. The van der Waals surface area contributed by atoms with Crippen molar-refractivity contribution in [1.29, 1.82) is 0 Å². The Bertz CT molecular complexity index is 517. The Morgan fingerprint density at radius 1 is 1.28 bits per heavy atom. The van der Waals surface area contributed by atoms with E-state index in [1.165, 1.54) is 15.3 Å². The molecule has 0 aliphatic carbocycles. The number of nitrogens with zero attached hydrogens (tertiary/aromatic N) is 1. The summed E-state index contributed by atoms with van der Waals surface area (Å²) >= 11 is 3.54. The molecule has 1 atom stereocenters. The summed E-state index contributed by atoms with van der Waals surface area (Å²) < 4.78 is 0. The van der Waals surface area contributed by atoms with E-state index in [2.05, 4.69) is 54.7 Å². The van der Waals surface area contributed by atoms with Crippen LogP contribution >= 0.6 is 23.1 Å². The number of aryl methyl sites for hydroxylation is 1. The molecule has 18 heavy (non-hydrogen) atoms. The molecular formula is C14H18N2S2. The van der Waals surface area contributed by atoms with E-state index in [1.807, 2.05) is 7.05 Å². The summed E-state index contributed by atoms with van der Waals surface area (Å²) in [6.45, 7) is 4.25. The van der Waals surface area contributed by atoms with Crippen LogP contribution in [0.5, 0.6) is 0 Å². The fourth-order valence-corrected chi connectivity index (χ4v) is 3.34. The average molecular weight is 278 g/mol. The molecule has 1 unspecified atom stereocenters. The van der Waals surface area contributed by atoms with Crippen LogP contribution in [0.2, 0.25) is 0 Å². The lowest BCUT2D eigenvalue weighted by molar-refractivity contribution is 0.658. The predicted octanol–water partition coefficient (Wildman–Crippen LogP) is 4.12. The highest BCUT2D eigenvalue weighted by Crippen LogP contribution is 2.32. The van der Waals surface area contributed by atoms with Gasteiger partial charge in [-0.25, -0.2) is 4.98 Å². The van der Waals surface area contributed by atoms with Crippen molar-refractivity contribution in [1.82, 2.24) is 10.3 Å². The molecule has 1 N–H and O–H groups in total. The number of thiazole rings is 1. The molecule has 0 saturated heterocycles. The van der Waals surface area contributed by atoms with Gasteiger partial charge in [0.15, 0.2) is 0 Å². The van der Waals surface area contributed by atoms with Gasteiger partial charge >= 0.3 is 0 Å². The Balaban J connectivity index is 2.33. The second kappa shape index (κ2) is 5.87. The summed E-state index contributed by atoms with van der Waals surface area (Å²) in [4.78, 5) is 7.29. The van der Waals surface area contributed by atoms with Crippen molar-refractivity contribution in [3.63, 3.8) is 0 Å². The second-order valence-electron chi connectivity index (χ2n) is 4.21. The van der Waals surface area contributed by atoms with E-state index in [0.717, 1.165) is 10.7 Å². The quantitative estimate of drug-likeness (QED) is 0.852. The maximum atomic E-state index is 4.68. The molecule has 1 heterocycles. The molecule has 0 amide bonds. The predicted molar refractivity (Wildman–Crippen MR) is 81.5 cm³/mol. The van der Waals surface area contributed by atoms with Crippen LogP contribution in [-0.4, -0.2) is 18.3 Å². The first-order chi connectivity index (χ1) is 8.65. The zero-order chi connectivity index (χ0) is 13.1. The molecule has 1 aromatic heterocycles. The van der Waals surface area contributed by atoms with Gasteiger partial charge in [0.25, 0.3) is 0 Å². The van der Waals surface area contributed by atoms with E-state index in [1.54, 1.807) is 23.1 Å². The van der Waals surface area contributed by atoms with Gasteiger partial charge in [0.1, 0.15) is 5.01 Å². The normalized spacial score (nSPS) is 12.7. The Labute approximate surface area is 117 Å². The molecule has 0 saturated carbocycles. The number of rotatable bonds is 4. The van der Waals surface area contributed by atoms with Gasteiger partial charge in [-0.2, -0.15) is 0 Å². The number of hydrogen-bond acceptors (Lipinski definition) is 4. The van der Waals surface area contributed by atoms with E-state index in [-0.39, 0.29) is 0 Å². The Morgan fingerprint density at radius 3 is 2.50 bits per heavy atom. The second-order valence-corrected chi connectivity index (χ2v) is 6.12. The Morgan fingerprint density at radius 2 is 1.94 bits per heavy atom. The summed E-state index contributed by atoms with van der Waals surface area (Å²) in [5.41, 5.74) is 2.33. The van der Waals surface area contributed by atoms with Crippen LogP contribution in [0.1, 0.15) is 23.5 Å². The van der Waals surface area contributed by atoms with Crippen molar-refractivity contribution in [2.45, 2.75) is 24.8 Å². The van der Waals surface area contributed by atoms with E-state index in [4.69, 9.17) is 0 Å². The van der Waals surface area contributed by atoms with E-state index in [0.29, 0.717) is 6.04 Å². The smallest absolute Gasteiger partial charge is 0.123 e. The summed E-state index contributed by atoms with van der Waals surface area (Å²) in [5.74, 6) is 0. The molecule has 0 bridgehead atoms. The first-order valence-corrected chi connectivity index (χ1v) is 7.99. The topological polar surface area (TPSA) is 24.9 Å². The monoisotopic (exact) mass is 278 g/mol.